The molecular formula is C18H23NO5S. The molecule has 2 aromatic carbocycles. The van der Waals surface area contributed by atoms with Gasteiger partial charge in [-0.2, -0.15) is 4.31 Å². The van der Waals surface area contributed by atoms with E-state index in [4.69, 9.17) is 9.47 Å². The molecule has 0 saturated heterocycles. The molecule has 0 amide bonds. The maximum atomic E-state index is 12.6. The number of likely N-dealkylation sites (N-methyl/N-ethyl adjacent to an activating group) is 1. The highest BCUT2D eigenvalue weighted by Crippen LogP contribution is 2.23. The highest BCUT2D eigenvalue weighted by atomic mass is 32.2. The van der Waals surface area contributed by atoms with Crippen LogP contribution in [-0.2, 0) is 10.0 Å². The van der Waals surface area contributed by atoms with Gasteiger partial charge in [0.15, 0.2) is 0 Å². The summed E-state index contributed by atoms with van der Waals surface area (Å²) in [5.74, 6) is 1.22. The summed E-state index contributed by atoms with van der Waals surface area (Å²) in [6.07, 6.45) is -0.961. The number of hydrogen-bond acceptors (Lipinski definition) is 5. The van der Waals surface area contributed by atoms with Gasteiger partial charge in [-0.1, -0.05) is 12.1 Å². The Morgan fingerprint density at radius 1 is 1.12 bits per heavy atom. The molecule has 1 N–H and O–H groups in total. The van der Waals surface area contributed by atoms with E-state index in [9.17, 15) is 13.5 Å². The van der Waals surface area contributed by atoms with E-state index < -0.39 is 16.1 Å². The second-order valence-corrected chi connectivity index (χ2v) is 7.53. The van der Waals surface area contributed by atoms with Crippen molar-refractivity contribution in [3.63, 3.8) is 0 Å². The van der Waals surface area contributed by atoms with Crippen LogP contribution in [0.5, 0.6) is 11.5 Å². The largest absolute Gasteiger partial charge is 0.497 e. The van der Waals surface area contributed by atoms with Crippen molar-refractivity contribution in [2.75, 3.05) is 27.3 Å². The van der Waals surface area contributed by atoms with Crippen LogP contribution in [-0.4, -0.2) is 45.1 Å². The van der Waals surface area contributed by atoms with Crippen molar-refractivity contribution in [3.05, 3.63) is 54.1 Å². The fourth-order valence-corrected chi connectivity index (χ4v) is 3.53. The number of methoxy groups -OCH3 is 1. The summed E-state index contributed by atoms with van der Waals surface area (Å²) in [4.78, 5) is 0.149. The molecule has 0 spiro atoms. The van der Waals surface area contributed by atoms with Crippen LogP contribution in [0.4, 0.5) is 0 Å². The van der Waals surface area contributed by atoms with Gasteiger partial charge in [0.25, 0.3) is 0 Å². The summed E-state index contributed by atoms with van der Waals surface area (Å²) in [7, 11) is -0.728. The maximum absolute atomic E-state index is 12.6. The van der Waals surface area contributed by atoms with E-state index in [2.05, 4.69) is 0 Å². The highest BCUT2D eigenvalue weighted by Gasteiger charge is 2.24. The summed E-state index contributed by atoms with van der Waals surface area (Å²) in [5.41, 5.74) is 0.591. The average Bonchev–Trinajstić information content (AvgIpc) is 2.62. The van der Waals surface area contributed by atoms with Crippen LogP contribution < -0.4 is 9.47 Å². The third-order valence-electron chi connectivity index (χ3n) is 3.75. The van der Waals surface area contributed by atoms with Gasteiger partial charge in [0.2, 0.25) is 10.0 Å². The van der Waals surface area contributed by atoms with Gasteiger partial charge in [-0.25, -0.2) is 8.42 Å². The molecule has 7 heteroatoms. The number of sulfonamides is 1. The van der Waals surface area contributed by atoms with Crippen molar-refractivity contribution in [2.45, 2.75) is 17.9 Å². The molecule has 1 unspecified atom stereocenters. The fourth-order valence-electron chi connectivity index (χ4n) is 2.35. The normalized spacial score (nSPS) is 12.8. The molecule has 0 fully saturated rings. The van der Waals surface area contributed by atoms with Crippen molar-refractivity contribution < 1.29 is 23.0 Å². The van der Waals surface area contributed by atoms with Crippen molar-refractivity contribution in [3.8, 4) is 11.5 Å². The number of aliphatic hydroxyl groups excluding tert-OH is 1. The van der Waals surface area contributed by atoms with Gasteiger partial charge in [-0.05, 0) is 48.9 Å². The Balaban J connectivity index is 2.13. The number of nitrogens with zero attached hydrogens (tertiary/aromatic N) is 1. The molecule has 2 aromatic rings. The molecule has 2 rings (SSSR count). The van der Waals surface area contributed by atoms with Crippen LogP contribution in [0.1, 0.15) is 18.6 Å². The summed E-state index contributed by atoms with van der Waals surface area (Å²) < 4.78 is 36.9. The molecule has 6 nitrogen and oxygen atoms in total. The topological polar surface area (TPSA) is 76.1 Å². The summed E-state index contributed by atoms with van der Waals surface area (Å²) in [6.45, 7) is 2.31. The van der Waals surface area contributed by atoms with Crippen molar-refractivity contribution in [2.24, 2.45) is 0 Å². The number of hydrogen-bond donors (Lipinski definition) is 1. The zero-order valence-corrected chi connectivity index (χ0v) is 15.4. The third-order valence-corrected chi connectivity index (χ3v) is 5.59. The van der Waals surface area contributed by atoms with Gasteiger partial charge in [-0.3, -0.25) is 0 Å². The lowest BCUT2D eigenvalue weighted by Gasteiger charge is -2.21. The van der Waals surface area contributed by atoms with E-state index in [0.717, 1.165) is 4.31 Å². The minimum Gasteiger partial charge on any atom is -0.497 e. The van der Waals surface area contributed by atoms with E-state index in [-0.39, 0.29) is 11.4 Å². The molecule has 0 heterocycles. The molecule has 0 radical (unpaired) electrons. The van der Waals surface area contributed by atoms with Crippen LogP contribution in [0.2, 0.25) is 0 Å². The smallest absolute Gasteiger partial charge is 0.242 e. The van der Waals surface area contributed by atoms with Crippen LogP contribution in [0.3, 0.4) is 0 Å². The Bertz CT molecular complexity index is 789. The van der Waals surface area contributed by atoms with Gasteiger partial charge in [-0.15, -0.1) is 0 Å². The molecule has 0 aliphatic rings. The zero-order valence-electron chi connectivity index (χ0n) is 14.5. The molecule has 25 heavy (non-hydrogen) atoms. The fraction of sp³-hybridized carbons (Fsp3) is 0.333. The van der Waals surface area contributed by atoms with Gasteiger partial charge < -0.3 is 14.6 Å². The summed E-state index contributed by atoms with van der Waals surface area (Å²) in [5, 5.41) is 10.4. The number of benzene rings is 2. The Hall–Kier alpha value is -2.09. The average molecular weight is 365 g/mol. The monoisotopic (exact) mass is 365 g/mol. The Morgan fingerprint density at radius 2 is 1.80 bits per heavy atom. The van der Waals surface area contributed by atoms with Crippen molar-refractivity contribution >= 4 is 10.0 Å². The van der Waals surface area contributed by atoms with E-state index in [1.54, 1.807) is 36.4 Å². The van der Waals surface area contributed by atoms with Gasteiger partial charge in [0.1, 0.15) is 11.5 Å². The predicted molar refractivity (Wildman–Crippen MR) is 95.4 cm³/mol. The van der Waals surface area contributed by atoms with E-state index in [1.165, 1.54) is 26.3 Å². The third kappa shape index (κ3) is 4.72. The summed E-state index contributed by atoms with van der Waals surface area (Å²) >= 11 is 0. The highest BCUT2D eigenvalue weighted by molar-refractivity contribution is 7.89. The Labute approximate surface area is 148 Å². The first kappa shape index (κ1) is 19.2. The van der Waals surface area contributed by atoms with E-state index >= 15 is 0 Å². The minimum absolute atomic E-state index is 0.0668. The summed E-state index contributed by atoms with van der Waals surface area (Å²) in [6, 6.07) is 13.1. The lowest BCUT2D eigenvalue weighted by molar-refractivity contribution is 0.154. The van der Waals surface area contributed by atoms with Crippen LogP contribution >= 0.6 is 0 Å². The second kappa shape index (κ2) is 8.33. The molecule has 0 aliphatic heterocycles. The van der Waals surface area contributed by atoms with Gasteiger partial charge >= 0.3 is 0 Å². The Morgan fingerprint density at radius 3 is 2.40 bits per heavy atom. The van der Waals surface area contributed by atoms with Gasteiger partial charge in [0, 0.05) is 13.6 Å². The second-order valence-electron chi connectivity index (χ2n) is 5.48. The Kier molecular flexibility index (Phi) is 6.41. The predicted octanol–water partition coefficient (Wildman–Crippen LogP) is 2.45. The zero-order chi connectivity index (χ0) is 18.4. The van der Waals surface area contributed by atoms with Crippen molar-refractivity contribution in [1.29, 1.82) is 0 Å². The number of rotatable bonds is 8. The molecule has 0 bridgehead atoms. The first-order valence-electron chi connectivity index (χ1n) is 7.89. The molecular weight excluding hydrogens is 342 g/mol. The SMILES string of the molecule is CCOc1ccc(S(=O)(=O)N(C)CC(O)c2cccc(OC)c2)cc1. The van der Waals surface area contributed by atoms with Crippen LogP contribution in [0.15, 0.2) is 53.4 Å². The molecule has 0 aliphatic carbocycles. The van der Waals surface area contributed by atoms with Crippen LogP contribution in [0, 0.1) is 0 Å². The van der Waals surface area contributed by atoms with E-state index in [0.29, 0.717) is 23.7 Å². The first-order valence-corrected chi connectivity index (χ1v) is 9.33. The lowest BCUT2D eigenvalue weighted by atomic mass is 10.1. The minimum atomic E-state index is -3.70. The number of aliphatic hydroxyl groups is 1. The molecule has 1 atom stereocenters. The van der Waals surface area contributed by atoms with Gasteiger partial charge in [0.05, 0.1) is 24.7 Å². The van der Waals surface area contributed by atoms with Crippen LogP contribution in [0.25, 0.3) is 0 Å². The standard InChI is InChI=1S/C18H23NO5S/c1-4-24-15-8-10-17(11-9-15)25(21,22)19(2)13-18(20)14-6-5-7-16(12-14)23-3/h5-12,18,20H,4,13H2,1-3H3. The first-order chi connectivity index (χ1) is 11.9. The molecule has 136 valence electrons. The number of ether oxygens (including phenoxy) is 2. The quantitative estimate of drug-likeness (QED) is 0.778. The van der Waals surface area contributed by atoms with E-state index in [1.807, 2.05) is 6.92 Å². The molecule has 0 aromatic heterocycles. The maximum Gasteiger partial charge on any atom is 0.242 e. The lowest BCUT2D eigenvalue weighted by Crippen LogP contribution is -2.31. The van der Waals surface area contributed by atoms with Crippen molar-refractivity contribution in [1.82, 2.24) is 4.31 Å². The molecule has 0 saturated carbocycles.